The Labute approximate surface area is 95.8 Å². The monoisotopic (exact) mass is 245 g/mol. The van der Waals surface area contributed by atoms with Gasteiger partial charge in [-0.1, -0.05) is 18.2 Å². The van der Waals surface area contributed by atoms with Crippen molar-refractivity contribution in [1.29, 1.82) is 0 Å². The van der Waals surface area contributed by atoms with Crippen LogP contribution in [0.3, 0.4) is 0 Å². The van der Waals surface area contributed by atoms with Gasteiger partial charge in [0, 0.05) is 12.6 Å². The number of likely N-dealkylation sites (N-methyl/N-ethyl adjacent to an activating group) is 1. The molecule has 0 spiro atoms. The van der Waals surface area contributed by atoms with Gasteiger partial charge in [-0.25, -0.2) is 4.79 Å². The van der Waals surface area contributed by atoms with Crippen molar-refractivity contribution in [2.75, 3.05) is 13.6 Å². The van der Waals surface area contributed by atoms with Gasteiger partial charge in [-0.3, -0.25) is 0 Å². The van der Waals surface area contributed by atoms with Crippen LogP contribution >= 0.6 is 0 Å². The average Bonchev–Trinajstić information content (AvgIpc) is 2.58. The number of carbonyl (C=O) groups is 1. The summed E-state index contributed by atoms with van der Waals surface area (Å²) >= 11 is 0. The number of rotatable bonds is 1. The van der Waals surface area contributed by atoms with Gasteiger partial charge in [0.2, 0.25) is 0 Å². The Hall–Kier alpha value is -1.72. The van der Waals surface area contributed by atoms with Gasteiger partial charge in [0.15, 0.2) is 0 Å². The fraction of sp³-hybridized carbons (Fsp3) is 0.364. The Morgan fingerprint density at radius 1 is 1.35 bits per heavy atom. The molecule has 2 rings (SSSR count). The first kappa shape index (κ1) is 11.8. The van der Waals surface area contributed by atoms with Crippen LogP contribution in [-0.2, 0) is 10.9 Å². The van der Waals surface area contributed by atoms with Gasteiger partial charge in [-0.05, 0) is 6.07 Å². The van der Waals surface area contributed by atoms with Crippen molar-refractivity contribution in [1.82, 2.24) is 4.90 Å². The zero-order valence-corrected chi connectivity index (χ0v) is 8.99. The van der Waals surface area contributed by atoms with Crippen LogP contribution in [0.4, 0.5) is 18.0 Å². The van der Waals surface area contributed by atoms with E-state index < -0.39 is 23.9 Å². The molecule has 17 heavy (non-hydrogen) atoms. The molecule has 1 aromatic rings. The van der Waals surface area contributed by atoms with E-state index in [1.54, 1.807) is 0 Å². The summed E-state index contributed by atoms with van der Waals surface area (Å²) in [4.78, 5) is 12.4. The van der Waals surface area contributed by atoms with Gasteiger partial charge in [0.05, 0.1) is 12.1 Å². The number of cyclic esters (lactones) is 1. The van der Waals surface area contributed by atoms with Crippen LogP contribution in [0, 0.1) is 0 Å². The summed E-state index contributed by atoms with van der Waals surface area (Å²) in [5.41, 5.74) is -0.759. The molecule has 1 aromatic carbocycles. The number of benzene rings is 1. The van der Waals surface area contributed by atoms with Gasteiger partial charge >= 0.3 is 12.3 Å². The molecule has 1 amide bonds. The summed E-state index contributed by atoms with van der Waals surface area (Å²) in [6.45, 7) is 0.131. The predicted molar refractivity (Wildman–Crippen MR) is 53.3 cm³/mol. The van der Waals surface area contributed by atoms with Crippen molar-refractivity contribution >= 4 is 6.09 Å². The molecule has 1 atom stereocenters. The van der Waals surface area contributed by atoms with Crippen LogP contribution in [-0.4, -0.2) is 24.6 Å². The molecule has 0 aliphatic carbocycles. The van der Waals surface area contributed by atoms with Crippen LogP contribution in [0.25, 0.3) is 0 Å². The third kappa shape index (κ3) is 2.20. The Kier molecular flexibility index (Phi) is 2.73. The van der Waals surface area contributed by atoms with Gasteiger partial charge in [-0.2, -0.15) is 13.2 Å². The third-order valence-corrected chi connectivity index (χ3v) is 2.61. The lowest BCUT2D eigenvalue weighted by Gasteiger charge is -2.15. The van der Waals surface area contributed by atoms with E-state index in [2.05, 4.69) is 0 Å². The van der Waals surface area contributed by atoms with Crippen molar-refractivity contribution in [3.8, 4) is 0 Å². The second-order valence-electron chi connectivity index (χ2n) is 3.84. The second-order valence-corrected chi connectivity index (χ2v) is 3.84. The number of hydrogen-bond acceptors (Lipinski definition) is 2. The molecule has 92 valence electrons. The molecule has 3 nitrogen and oxygen atoms in total. The van der Waals surface area contributed by atoms with E-state index >= 15 is 0 Å². The van der Waals surface area contributed by atoms with Crippen molar-refractivity contribution in [3.05, 3.63) is 35.4 Å². The summed E-state index contributed by atoms with van der Waals surface area (Å²) in [5, 5.41) is 0. The van der Waals surface area contributed by atoms with Crippen LogP contribution in [0.5, 0.6) is 0 Å². The third-order valence-electron chi connectivity index (χ3n) is 2.61. The number of hydrogen-bond donors (Lipinski definition) is 0. The SMILES string of the molecule is CN1CC(c2ccccc2C(F)(F)F)OC1=O. The highest BCUT2D eigenvalue weighted by atomic mass is 19.4. The zero-order valence-electron chi connectivity index (χ0n) is 8.99. The molecule has 1 aliphatic heterocycles. The largest absolute Gasteiger partial charge is 0.439 e. The van der Waals surface area contributed by atoms with Crippen LogP contribution in [0.15, 0.2) is 24.3 Å². The minimum Gasteiger partial charge on any atom is -0.439 e. The maximum absolute atomic E-state index is 12.7. The average molecular weight is 245 g/mol. The Bertz CT molecular complexity index is 445. The molecule has 0 saturated carbocycles. The van der Waals surface area contributed by atoms with E-state index in [1.165, 1.54) is 30.1 Å². The van der Waals surface area contributed by atoms with Gasteiger partial charge in [0.25, 0.3) is 0 Å². The van der Waals surface area contributed by atoms with E-state index in [9.17, 15) is 18.0 Å². The lowest BCUT2D eigenvalue weighted by Crippen LogP contribution is -2.18. The molecule has 0 bridgehead atoms. The molecule has 1 saturated heterocycles. The summed E-state index contributed by atoms with van der Waals surface area (Å²) in [5.74, 6) is 0. The summed E-state index contributed by atoms with van der Waals surface area (Å²) in [6, 6.07) is 5.13. The van der Waals surface area contributed by atoms with E-state index in [-0.39, 0.29) is 12.1 Å². The first-order chi connectivity index (χ1) is 7.89. The smallest absolute Gasteiger partial charge is 0.416 e. The van der Waals surface area contributed by atoms with Crippen LogP contribution in [0.2, 0.25) is 0 Å². The molecule has 0 aromatic heterocycles. The molecule has 1 aliphatic rings. The Morgan fingerprint density at radius 3 is 2.53 bits per heavy atom. The van der Waals surface area contributed by atoms with Crippen LogP contribution in [0.1, 0.15) is 17.2 Å². The topological polar surface area (TPSA) is 29.5 Å². The number of halogens is 3. The van der Waals surface area contributed by atoms with E-state index in [1.807, 2.05) is 0 Å². The molecular formula is C11H10F3NO2. The minimum atomic E-state index is -4.44. The molecular weight excluding hydrogens is 235 g/mol. The van der Waals surface area contributed by atoms with E-state index in [0.29, 0.717) is 0 Å². The fourth-order valence-electron chi connectivity index (χ4n) is 1.77. The van der Waals surface area contributed by atoms with Crippen molar-refractivity contribution < 1.29 is 22.7 Å². The fourth-order valence-corrected chi connectivity index (χ4v) is 1.77. The summed E-state index contributed by atoms with van der Waals surface area (Å²) < 4.78 is 43.1. The number of carbonyl (C=O) groups excluding carboxylic acids is 1. The molecule has 0 radical (unpaired) electrons. The highest BCUT2D eigenvalue weighted by molar-refractivity contribution is 5.70. The number of nitrogens with zero attached hydrogens (tertiary/aromatic N) is 1. The zero-order chi connectivity index (χ0) is 12.6. The van der Waals surface area contributed by atoms with Crippen molar-refractivity contribution in [2.24, 2.45) is 0 Å². The quantitative estimate of drug-likeness (QED) is 0.761. The number of ether oxygens (including phenoxy) is 1. The maximum atomic E-state index is 12.7. The molecule has 6 heteroatoms. The Morgan fingerprint density at radius 2 is 2.00 bits per heavy atom. The normalized spacial score (nSPS) is 20.6. The first-order valence-corrected chi connectivity index (χ1v) is 4.97. The van der Waals surface area contributed by atoms with Crippen molar-refractivity contribution in [2.45, 2.75) is 12.3 Å². The molecule has 0 N–H and O–H groups in total. The van der Waals surface area contributed by atoms with E-state index in [0.717, 1.165) is 6.07 Å². The lowest BCUT2D eigenvalue weighted by atomic mass is 10.0. The molecule has 1 fully saturated rings. The highest BCUT2D eigenvalue weighted by Gasteiger charge is 2.38. The number of alkyl halides is 3. The maximum Gasteiger partial charge on any atom is 0.416 e. The Balaban J connectivity index is 2.37. The second kappa shape index (κ2) is 3.94. The minimum absolute atomic E-state index is 0.00213. The van der Waals surface area contributed by atoms with Gasteiger partial charge in [-0.15, -0.1) is 0 Å². The summed E-state index contributed by atoms with van der Waals surface area (Å²) in [7, 11) is 1.48. The van der Waals surface area contributed by atoms with Gasteiger partial charge in [0.1, 0.15) is 6.10 Å². The predicted octanol–water partition coefficient (Wildman–Crippen LogP) is 2.83. The van der Waals surface area contributed by atoms with Crippen molar-refractivity contribution in [3.63, 3.8) is 0 Å². The standard InChI is InChI=1S/C11H10F3NO2/c1-15-6-9(17-10(15)16)7-4-2-3-5-8(7)11(12,13)14/h2-5,9H,6H2,1H3. The van der Waals surface area contributed by atoms with Gasteiger partial charge < -0.3 is 9.64 Å². The highest BCUT2D eigenvalue weighted by Crippen LogP contribution is 2.37. The summed E-state index contributed by atoms with van der Waals surface area (Å²) in [6.07, 6.45) is -5.90. The molecule has 1 unspecified atom stereocenters. The lowest BCUT2D eigenvalue weighted by molar-refractivity contribution is -0.139. The van der Waals surface area contributed by atoms with Crippen LogP contribution < -0.4 is 0 Å². The molecule has 1 heterocycles. The van der Waals surface area contributed by atoms with E-state index in [4.69, 9.17) is 4.74 Å². The number of amides is 1. The first-order valence-electron chi connectivity index (χ1n) is 4.97.